The van der Waals surface area contributed by atoms with Crippen LogP contribution in [0.1, 0.15) is 20.7 Å². The van der Waals surface area contributed by atoms with Crippen LogP contribution in [0.5, 0.6) is 11.5 Å². The van der Waals surface area contributed by atoms with Gasteiger partial charge in [-0.1, -0.05) is 0 Å². The number of anilines is 2. The Labute approximate surface area is 159 Å². The first-order chi connectivity index (χ1) is 12.6. The number of rotatable bonds is 6. The average Bonchev–Trinajstić information content (AvgIpc) is 2.62. The van der Waals surface area contributed by atoms with E-state index in [1.54, 1.807) is 0 Å². The van der Waals surface area contributed by atoms with Crippen LogP contribution in [-0.4, -0.2) is 44.3 Å². The number of hydrogen-bond donors (Lipinski definition) is 7. The van der Waals surface area contributed by atoms with Crippen LogP contribution in [0.2, 0.25) is 0 Å². The lowest BCUT2D eigenvalue weighted by atomic mass is 9.89. The standard InChI is InChI=1S/C17H17N3O6S/c18-8-1-3-12(21)10(5-8)14(23)17(7-27,16(25)26)20-15(24)11-6-9(19)2-4-13(11)22/h1-6,21-22,27H,7,18-19H2,(H,20,24)(H,25,26). The number of phenols is 2. The fourth-order valence-corrected chi connectivity index (χ4v) is 2.71. The van der Waals surface area contributed by atoms with E-state index in [-0.39, 0.29) is 16.9 Å². The first-order valence-corrected chi connectivity index (χ1v) is 8.14. The van der Waals surface area contributed by atoms with Crippen molar-refractivity contribution in [2.75, 3.05) is 17.2 Å². The second-order valence-corrected chi connectivity index (χ2v) is 6.02. The predicted molar refractivity (Wildman–Crippen MR) is 101 cm³/mol. The highest BCUT2D eigenvalue weighted by molar-refractivity contribution is 7.80. The molecule has 0 fully saturated rings. The maximum Gasteiger partial charge on any atom is 0.338 e. The molecule has 2 aromatic carbocycles. The van der Waals surface area contributed by atoms with Crippen LogP contribution in [0.4, 0.5) is 11.4 Å². The molecule has 0 aliphatic carbocycles. The number of carbonyl (C=O) groups excluding carboxylic acids is 2. The van der Waals surface area contributed by atoms with Gasteiger partial charge in [-0.05, 0) is 36.4 Å². The molecule has 27 heavy (non-hydrogen) atoms. The van der Waals surface area contributed by atoms with Crippen molar-refractivity contribution >= 4 is 41.7 Å². The van der Waals surface area contributed by atoms with E-state index in [9.17, 15) is 29.7 Å². The minimum Gasteiger partial charge on any atom is -0.507 e. The number of aromatic hydroxyl groups is 2. The molecule has 2 rings (SSSR count). The molecule has 1 amide bonds. The number of carboxylic acid groups (broad SMARTS) is 1. The monoisotopic (exact) mass is 391 g/mol. The highest BCUT2D eigenvalue weighted by Crippen LogP contribution is 2.27. The molecule has 0 heterocycles. The Kier molecular flexibility index (Phi) is 5.50. The first kappa shape index (κ1) is 19.9. The molecule has 1 atom stereocenters. The first-order valence-electron chi connectivity index (χ1n) is 7.51. The van der Waals surface area contributed by atoms with Gasteiger partial charge >= 0.3 is 5.97 Å². The number of hydrogen-bond acceptors (Lipinski definition) is 8. The number of benzene rings is 2. The minimum atomic E-state index is -2.53. The van der Waals surface area contributed by atoms with E-state index in [0.29, 0.717) is 0 Å². The summed E-state index contributed by atoms with van der Waals surface area (Å²) >= 11 is 3.91. The van der Waals surface area contributed by atoms with Gasteiger partial charge in [-0.15, -0.1) is 0 Å². The van der Waals surface area contributed by atoms with Gasteiger partial charge in [0.15, 0.2) is 0 Å². The molecule has 0 aliphatic rings. The van der Waals surface area contributed by atoms with Gasteiger partial charge in [0.25, 0.3) is 5.91 Å². The summed E-state index contributed by atoms with van der Waals surface area (Å²) in [7, 11) is 0. The number of nitrogens with one attached hydrogen (secondary N) is 1. The Hall–Kier alpha value is -3.40. The van der Waals surface area contributed by atoms with E-state index in [0.717, 1.165) is 24.3 Å². The summed E-state index contributed by atoms with van der Waals surface area (Å²) in [6.07, 6.45) is 0. The summed E-state index contributed by atoms with van der Waals surface area (Å²) in [5.74, 6) is -5.51. The van der Waals surface area contributed by atoms with Gasteiger partial charge in [0.05, 0.1) is 11.1 Å². The quantitative estimate of drug-likeness (QED) is 0.123. The number of Topliss-reactive ketones (excluding diaryl/α,β-unsaturated/α-hetero) is 1. The number of aliphatic carboxylic acids is 1. The SMILES string of the molecule is Nc1ccc(O)c(C(=O)NC(CS)(C(=O)O)C(=O)c2cc(N)ccc2O)c1. The number of carboxylic acids is 1. The lowest BCUT2D eigenvalue weighted by molar-refractivity contribution is -0.141. The molecule has 0 radical (unpaired) electrons. The maximum atomic E-state index is 12.9. The van der Waals surface area contributed by atoms with Crippen molar-refractivity contribution < 1.29 is 29.7 Å². The molecule has 142 valence electrons. The Balaban J connectivity index is 2.52. The van der Waals surface area contributed by atoms with E-state index in [1.165, 1.54) is 12.1 Å². The summed E-state index contributed by atoms with van der Waals surface area (Å²) in [6, 6.07) is 7.14. The van der Waals surface area contributed by atoms with Gasteiger partial charge in [-0.25, -0.2) is 4.79 Å². The Morgan fingerprint density at radius 2 is 1.44 bits per heavy atom. The number of carbonyl (C=O) groups is 3. The lowest BCUT2D eigenvalue weighted by Crippen LogP contribution is -2.61. The largest absolute Gasteiger partial charge is 0.507 e. The number of amides is 1. The number of ketones is 1. The normalized spacial score (nSPS) is 12.8. The summed E-state index contributed by atoms with van der Waals surface area (Å²) < 4.78 is 0. The highest BCUT2D eigenvalue weighted by Gasteiger charge is 2.48. The van der Waals surface area contributed by atoms with Gasteiger partial charge in [0, 0.05) is 17.1 Å². The van der Waals surface area contributed by atoms with E-state index in [4.69, 9.17) is 11.5 Å². The van der Waals surface area contributed by atoms with Gasteiger partial charge in [-0.3, -0.25) is 9.59 Å². The average molecular weight is 391 g/mol. The summed E-state index contributed by atoms with van der Waals surface area (Å²) in [6.45, 7) is 0. The van der Waals surface area contributed by atoms with Crippen molar-refractivity contribution in [2.45, 2.75) is 5.54 Å². The number of phenolic OH excluding ortho intramolecular Hbond substituents is 2. The van der Waals surface area contributed by atoms with Crippen LogP contribution >= 0.6 is 12.6 Å². The predicted octanol–water partition coefficient (Wildman–Crippen LogP) is 0.628. The van der Waals surface area contributed by atoms with Crippen molar-refractivity contribution in [2.24, 2.45) is 0 Å². The smallest absolute Gasteiger partial charge is 0.338 e. The van der Waals surface area contributed by atoms with Gasteiger partial charge in [-0.2, -0.15) is 12.6 Å². The van der Waals surface area contributed by atoms with Crippen LogP contribution in [-0.2, 0) is 4.79 Å². The van der Waals surface area contributed by atoms with Gasteiger partial charge < -0.3 is 32.1 Å². The van der Waals surface area contributed by atoms with Crippen LogP contribution in [0.3, 0.4) is 0 Å². The molecule has 0 aliphatic heterocycles. The fourth-order valence-electron chi connectivity index (χ4n) is 2.35. The molecule has 2 aromatic rings. The van der Waals surface area contributed by atoms with Gasteiger partial charge in [0.2, 0.25) is 11.3 Å². The van der Waals surface area contributed by atoms with Crippen LogP contribution in [0, 0.1) is 0 Å². The summed E-state index contributed by atoms with van der Waals surface area (Å²) in [5, 5.41) is 31.5. The molecule has 10 heteroatoms. The maximum absolute atomic E-state index is 12.9. The van der Waals surface area contributed by atoms with Crippen molar-refractivity contribution in [3.8, 4) is 11.5 Å². The Morgan fingerprint density at radius 3 is 1.93 bits per heavy atom. The van der Waals surface area contributed by atoms with Crippen LogP contribution in [0.25, 0.3) is 0 Å². The number of nitrogens with two attached hydrogens (primary N) is 2. The lowest BCUT2D eigenvalue weighted by Gasteiger charge is -2.28. The zero-order valence-corrected chi connectivity index (χ0v) is 14.7. The fraction of sp³-hybridized carbons (Fsp3) is 0.118. The number of thiol groups is 1. The highest BCUT2D eigenvalue weighted by atomic mass is 32.1. The van der Waals surface area contributed by atoms with Crippen molar-refractivity contribution in [1.29, 1.82) is 0 Å². The van der Waals surface area contributed by atoms with Crippen molar-refractivity contribution in [1.82, 2.24) is 5.32 Å². The zero-order valence-electron chi connectivity index (χ0n) is 13.8. The molecule has 1 unspecified atom stereocenters. The summed E-state index contributed by atoms with van der Waals surface area (Å²) in [4.78, 5) is 37.3. The van der Waals surface area contributed by atoms with Gasteiger partial charge in [0.1, 0.15) is 11.5 Å². The van der Waals surface area contributed by atoms with Crippen molar-refractivity contribution in [3.63, 3.8) is 0 Å². The molecular formula is C17H17N3O6S. The summed E-state index contributed by atoms with van der Waals surface area (Å²) in [5.41, 5.74) is 8.16. The molecule has 0 aromatic heterocycles. The van der Waals surface area contributed by atoms with Crippen LogP contribution < -0.4 is 16.8 Å². The topological polar surface area (TPSA) is 176 Å². The van der Waals surface area contributed by atoms with Crippen molar-refractivity contribution in [3.05, 3.63) is 47.5 Å². The second kappa shape index (κ2) is 7.46. The zero-order chi connectivity index (χ0) is 20.4. The third kappa shape index (κ3) is 3.75. The van der Waals surface area contributed by atoms with E-state index < -0.39 is 46.0 Å². The molecule has 0 spiro atoms. The second-order valence-electron chi connectivity index (χ2n) is 5.71. The van der Waals surface area contributed by atoms with E-state index >= 15 is 0 Å². The third-order valence-electron chi connectivity index (χ3n) is 3.85. The Bertz CT molecular complexity index is 933. The molecule has 0 saturated carbocycles. The molecular weight excluding hydrogens is 374 g/mol. The molecule has 9 nitrogen and oxygen atoms in total. The molecule has 0 bridgehead atoms. The van der Waals surface area contributed by atoms with E-state index in [2.05, 4.69) is 17.9 Å². The molecule has 0 saturated heterocycles. The van der Waals surface area contributed by atoms with Crippen LogP contribution in [0.15, 0.2) is 36.4 Å². The van der Waals surface area contributed by atoms with E-state index in [1.807, 2.05) is 0 Å². The molecule has 8 N–H and O–H groups in total. The number of nitrogen functional groups attached to an aromatic ring is 2. The third-order valence-corrected chi connectivity index (χ3v) is 4.32. The minimum absolute atomic E-state index is 0.106. The Morgan fingerprint density at radius 1 is 0.963 bits per heavy atom.